The Bertz CT molecular complexity index is 322. The highest BCUT2D eigenvalue weighted by molar-refractivity contribution is 5.88. The van der Waals surface area contributed by atoms with Crippen molar-refractivity contribution in [2.45, 2.75) is 26.2 Å². The maximum atomic E-state index is 11.1. The zero-order chi connectivity index (χ0) is 10.8. The molecule has 0 saturated heterocycles. The molecule has 0 aliphatic heterocycles. The average molecular weight is 193 g/mol. The number of carbonyl (C=O) groups excluding carboxylic acids is 1. The predicted molar refractivity (Wildman–Crippen MR) is 54.3 cm³/mol. The first-order chi connectivity index (χ1) is 6.45. The van der Waals surface area contributed by atoms with E-state index in [0.717, 1.165) is 5.69 Å². The van der Waals surface area contributed by atoms with Crippen molar-refractivity contribution in [2.75, 3.05) is 7.11 Å². The van der Waals surface area contributed by atoms with Crippen molar-refractivity contribution in [1.29, 1.82) is 0 Å². The number of esters is 1. The molecule has 0 amide bonds. The maximum absolute atomic E-state index is 11.1. The topological polar surface area (TPSA) is 39.2 Å². The molecular formula is C11H15NO2. The van der Waals surface area contributed by atoms with Crippen LogP contribution in [0.4, 0.5) is 0 Å². The fourth-order valence-corrected chi connectivity index (χ4v) is 1.08. The summed E-state index contributed by atoms with van der Waals surface area (Å²) >= 11 is 0. The molecule has 3 heteroatoms. The molecule has 0 aliphatic carbocycles. The molecule has 0 unspecified atom stereocenters. The van der Waals surface area contributed by atoms with Crippen LogP contribution in [0.15, 0.2) is 18.3 Å². The van der Waals surface area contributed by atoms with Gasteiger partial charge in [-0.25, -0.2) is 4.79 Å². The van der Waals surface area contributed by atoms with Crippen molar-refractivity contribution < 1.29 is 9.53 Å². The molecule has 0 radical (unpaired) electrons. The van der Waals surface area contributed by atoms with Gasteiger partial charge < -0.3 is 4.74 Å². The lowest BCUT2D eigenvalue weighted by Gasteiger charge is -2.17. The van der Waals surface area contributed by atoms with E-state index in [4.69, 9.17) is 0 Å². The van der Waals surface area contributed by atoms with E-state index in [1.807, 2.05) is 6.07 Å². The van der Waals surface area contributed by atoms with E-state index in [9.17, 15) is 4.79 Å². The molecule has 0 N–H and O–H groups in total. The van der Waals surface area contributed by atoms with E-state index in [1.54, 1.807) is 12.3 Å². The summed E-state index contributed by atoms with van der Waals surface area (Å²) in [7, 11) is 1.36. The summed E-state index contributed by atoms with van der Waals surface area (Å²) in [6, 6.07) is 3.59. The van der Waals surface area contributed by atoms with Gasteiger partial charge in [-0.1, -0.05) is 20.8 Å². The number of hydrogen-bond acceptors (Lipinski definition) is 3. The molecule has 1 heterocycles. The van der Waals surface area contributed by atoms with E-state index in [2.05, 4.69) is 30.5 Å². The Morgan fingerprint density at radius 2 is 2.00 bits per heavy atom. The van der Waals surface area contributed by atoms with E-state index in [0.29, 0.717) is 5.56 Å². The molecule has 3 nitrogen and oxygen atoms in total. The summed E-state index contributed by atoms with van der Waals surface area (Å²) in [4.78, 5) is 15.3. The second kappa shape index (κ2) is 3.78. The van der Waals surface area contributed by atoms with Gasteiger partial charge in [0.25, 0.3) is 0 Å². The molecule has 0 aromatic carbocycles. The fraction of sp³-hybridized carbons (Fsp3) is 0.455. The van der Waals surface area contributed by atoms with Crippen LogP contribution in [0.1, 0.15) is 36.8 Å². The summed E-state index contributed by atoms with van der Waals surface area (Å²) in [5, 5.41) is 0. The first kappa shape index (κ1) is 10.7. The third kappa shape index (κ3) is 2.31. The van der Waals surface area contributed by atoms with Crippen LogP contribution in [0.3, 0.4) is 0 Å². The number of nitrogens with zero attached hydrogens (tertiary/aromatic N) is 1. The summed E-state index contributed by atoms with van der Waals surface area (Å²) < 4.78 is 4.58. The SMILES string of the molecule is COC(=O)c1ccc(C(C)(C)C)nc1. The number of hydrogen-bond donors (Lipinski definition) is 0. The highest BCUT2D eigenvalue weighted by Crippen LogP contribution is 2.19. The first-order valence-electron chi connectivity index (χ1n) is 4.50. The molecule has 0 atom stereocenters. The third-order valence-electron chi connectivity index (χ3n) is 1.95. The van der Waals surface area contributed by atoms with E-state index >= 15 is 0 Å². The second-order valence-electron chi connectivity index (χ2n) is 4.17. The standard InChI is InChI=1S/C11H15NO2/c1-11(2,3)9-6-5-8(7-12-9)10(13)14-4/h5-7H,1-4H3. The Morgan fingerprint density at radius 3 is 2.36 bits per heavy atom. The number of pyridine rings is 1. The molecule has 1 rings (SSSR count). The largest absolute Gasteiger partial charge is 0.465 e. The highest BCUT2D eigenvalue weighted by Gasteiger charge is 2.15. The van der Waals surface area contributed by atoms with Crippen LogP contribution in [0.5, 0.6) is 0 Å². The molecule has 0 saturated carbocycles. The average Bonchev–Trinajstić information content (AvgIpc) is 2.15. The number of rotatable bonds is 1. The summed E-state index contributed by atoms with van der Waals surface area (Å²) in [5.41, 5.74) is 1.46. The predicted octanol–water partition coefficient (Wildman–Crippen LogP) is 2.17. The van der Waals surface area contributed by atoms with Crippen molar-refractivity contribution in [3.8, 4) is 0 Å². The molecule has 1 aromatic rings. The van der Waals surface area contributed by atoms with Crippen molar-refractivity contribution in [3.05, 3.63) is 29.6 Å². The van der Waals surface area contributed by atoms with Crippen LogP contribution < -0.4 is 0 Å². The second-order valence-corrected chi connectivity index (χ2v) is 4.17. The van der Waals surface area contributed by atoms with Crippen molar-refractivity contribution in [2.24, 2.45) is 0 Å². The molecular weight excluding hydrogens is 178 g/mol. The minimum Gasteiger partial charge on any atom is -0.465 e. The van der Waals surface area contributed by atoms with Gasteiger partial charge in [0.15, 0.2) is 0 Å². The monoisotopic (exact) mass is 193 g/mol. The van der Waals surface area contributed by atoms with Crippen LogP contribution in [-0.2, 0) is 10.2 Å². The Kier molecular flexibility index (Phi) is 2.89. The van der Waals surface area contributed by atoms with Crippen molar-refractivity contribution in [1.82, 2.24) is 4.98 Å². The highest BCUT2D eigenvalue weighted by atomic mass is 16.5. The quantitative estimate of drug-likeness (QED) is 0.641. The van der Waals surface area contributed by atoms with Gasteiger partial charge in [-0.15, -0.1) is 0 Å². The smallest absolute Gasteiger partial charge is 0.339 e. The van der Waals surface area contributed by atoms with Crippen molar-refractivity contribution in [3.63, 3.8) is 0 Å². The van der Waals surface area contributed by atoms with Gasteiger partial charge in [0.05, 0.1) is 12.7 Å². The zero-order valence-electron chi connectivity index (χ0n) is 9.00. The lowest BCUT2D eigenvalue weighted by atomic mass is 9.91. The Morgan fingerprint density at radius 1 is 1.36 bits per heavy atom. The van der Waals surface area contributed by atoms with Crippen LogP contribution in [0.2, 0.25) is 0 Å². The number of aromatic nitrogens is 1. The van der Waals surface area contributed by atoms with Gasteiger partial charge >= 0.3 is 5.97 Å². The molecule has 0 fully saturated rings. The minimum absolute atomic E-state index is 0.00858. The van der Waals surface area contributed by atoms with Gasteiger partial charge in [-0.05, 0) is 12.1 Å². The summed E-state index contributed by atoms with van der Waals surface area (Å²) in [5.74, 6) is -0.349. The molecule has 76 valence electrons. The van der Waals surface area contributed by atoms with Crippen LogP contribution in [0.25, 0.3) is 0 Å². The lowest BCUT2D eigenvalue weighted by Crippen LogP contribution is -2.14. The van der Waals surface area contributed by atoms with Gasteiger partial charge in [0.2, 0.25) is 0 Å². The van der Waals surface area contributed by atoms with Gasteiger partial charge in [0, 0.05) is 17.3 Å². The zero-order valence-corrected chi connectivity index (χ0v) is 9.00. The molecule has 14 heavy (non-hydrogen) atoms. The first-order valence-corrected chi connectivity index (χ1v) is 4.50. The van der Waals surface area contributed by atoms with Crippen LogP contribution in [0, 0.1) is 0 Å². The Hall–Kier alpha value is -1.38. The van der Waals surface area contributed by atoms with E-state index in [-0.39, 0.29) is 11.4 Å². The van der Waals surface area contributed by atoms with Gasteiger partial charge in [0.1, 0.15) is 0 Å². The lowest BCUT2D eigenvalue weighted by molar-refractivity contribution is 0.0600. The van der Waals surface area contributed by atoms with E-state index in [1.165, 1.54) is 7.11 Å². The van der Waals surface area contributed by atoms with Gasteiger partial charge in [-0.3, -0.25) is 4.98 Å². The molecule has 0 aliphatic rings. The Balaban J connectivity index is 2.95. The maximum Gasteiger partial charge on any atom is 0.339 e. The summed E-state index contributed by atoms with van der Waals surface area (Å²) in [6.07, 6.45) is 1.55. The van der Waals surface area contributed by atoms with Crippen molar-refractivity contribution >= 4 is 5.97 Å². The molecule has 0 bridgehead atoms. The normalized spacial score (nSPS) is 11.1. The minimum atomic E-state index is -0.349. The van der Waals surface area contributed by atoms with Crippen LogP contribution in [-0.4, -0.2) is 18.1 Å². The third-order valence-corrected chi connectivity index (χ3v) is 1.95. The van der Waals surface area contributed by atoms with E-state index < -0.39 is 0 Å². The summed E-state index contributed by atoms with van der Waals surface area (Å²) in [6.45, 7) is 6.23. The van der Waals surface area contributed by atoms with Gasteiger partial charge in [-0.2, -0.15) is 0 Å². The molecule has 1 aromatic heterocycles. The Labute approximate surface area is 84.1 Å². The van der Waals surface area contributed by atoms with Crippen LogP contribution >= 0.6 is 0 Å². The molecule has 0 spiro atoms. The number of ether oxygens (including phenoxy) is 1. The number of carbonyl (C=O) groups is 1. The number of methoxy groups -OCH3 is 1. The fourth-order valence-electron chi connectivity index (χ4n) is 1.08.